The lowest BCUT2D eigenvalue weighted by Gasteiger charge is -2.17. The Labute approximate surface area is 167 Å². The predicted octanol–water partition coefficient (Wildman–Crippen LogP) is 5.42. The van der Waals surface area contributed by atoms with Crippen molar-refractivity contribution in [3.8, 4) is 11.1 Å². The average molecular weight is 373 g/mol. The van der Waals surface area contributed by atoms with Crippen LogP contribution in [0.1, 0.15) is 23.1 Å². The topological polar surface area (TPSA) is 38.3 Å². The molecule has 0 spiro atoms. The molecule has 3 rings (SSSR count). The van der Waals surface area contributed by atoms with Gasteiger partial charge in [-0.2, -0.15) is 0 Å². The fourth-order valence-corrected chi connectivity index (χ4v) is 3.44. The van der Waals surface area contributed by atoms with Gasteiger partial charge >= 0.3 is 5.97 Å². The molecule has 0 heterocycles. The molecule has 28 heavy (non-hydrogen) atoms. The predicted molar refractivity (Wildman–Crippen MR) is 116 cm³/mol. The minimum atomic E-state index is -0.221. The number of methoxy groups -OCH3 is 1. The fraction of sp³-hybridized carbons (Fsp3) is 0.240. The van der Waals surface area contributed by atoms with Crippen molar-refractivity contribution >= 4 is 11.7 Å². The summed E-state index contributed by atoms with van der Waals surface area (Å²) in [4.78, 5) is 12.0. The van der Waals surface area contributed by atoms with Crippen LogP contribution in [0.2, 0.25) is 0 Å². The van der Waals surface area contributed by atoms with Gasteiger partial charge in [0.15, 0.2) is 0 Å². The minimum absolute atomic E-state index is 0.221. The summed E-state index contributed by atoms with van der Waals surface area (Å²) in [7, 11) is 1.44. The lowest BCUT2D eigenvalue weighted by molar-refractivity contribution is -0.139. The summed E-state index contributed by atoms with van der Waals surface area (Å²) in [5, 5.41) is 3.54. The van der Waals surface area contributed by atoms with E-state index >= 15 is 0 Å². The summed E-state index contributed by atoms with van der Waals surface area (Å²) in [5.74, 6) is -0.221. The first-order valence-corrected chi connectivity index (χ1v) is 9.71. The van der Waals surface area contributed by atoms with E-state index in [0.29, 0.717) is 0 Å². The van der Waals surface area contributed by atoms with Gasteiger partial charge in [-0.15, -0.1) is 0 Å². The van der Waals surface area contributed by atoms with E-state index in [0.717, 1.165) is 47.3 Å². The van der Waals surface area contributed by atoms with E-state index < -0.39 is 0 Å². The van der Waals surface area contributed by atoms with Crippen LogP contribution in [0.25, 0.3) is 11.1 Å². The van der Waals surface area contributed by atoms with Crippen molar-refractivity contribution < 1.29 is 9.53 Å². The zero-order valence-corrected chi connectivity index (χ0v) is 16.6. The minimum Gasteiger partial charge on any atom is -0.469 e. The highest BCUT2D eigenvalue weighted by atomic mass is 16.5. The number of carbonyl (C=O) groups is 1. The van der Waals surface area contributed by atoms with E-state index in [1.54, 1.807) is 0 Å². The highest BCUT2D eigenvalue weighted by Crippen LogP contribution is 2.31. The Hall–Kier alpha value is -3.07. The summed E-state index contributed by atoms with van der Waals surface area (Å²) in [6, 6.07) is 24.9. The Bertz CT molecular complexity index is 905. The zero-order valence-electron chi connectivity index (χ0n) is 16.6. The third-order valence-electron chi connectivity index (χ3n) is 5.03. The SMILES string of the molecule is COC(=O)Cc1c(-c2ccccc2)ccc(NCCCc2ccccc2)c1C. The van der Waals surface area contributed by atoms with Gasteiger partial charge < -0.3 is 10.1 Å². The van der Waals surface area contributed by atoms with E-state index in [2.05, 4.69) is 60.8 Å². The number of hydrogen-bond donors (Lipinski definition) is 1. The second-order valence-corrected chi connectivity index (χ2v) is 6.90. The van der Waals surface area contributed by atoms with E-state index in [1.165, 1.54) is 12.7 Å². The number of rotatable bonds is 8. The molecule has 0 aliphatic rings. The van der Waals surface area contributed by atoms with Gasteiger partial charge in [0.1, 0.15) is 0 Å². The molecule has 0 amide bonds. The summed E-state index contributed by atoms with van der Waals surface area (Å²) in [6.07, 6.45) is 2.37. The first-order valence-electron chi connectivity index (χ1n) is 9.71. The van der Waals surface area contributed by atoms with Crippen molar-refractivity contribution in [2.75, 3.05) is 19.0 Å². The van der Waals surface area contributed by atoms with E-state index in [4.69, 9.17) is 4.74 Å². The lowest BCUT2D eigenvalue weighted by atomic mass is 9.92. The number of aryl methyl sites for hydroxylation is 1. The molecule has 3 nitrogen and oxygen atoms in total. The number of ether oxygens (including phenoxy) is 1. The smallest absolute Gasteiger partial charge is 0.310 e. The molecular formula is C25H27NO2. The van der Waals surface area contributed by atoms with Crippen LogP contribution in [0.15, 0.2) is 72.8 Å². The first kappa shape index (κ1) is 19.7. The average Bonchev–Trinajstić information content (AvgIpc) is 2.74. The molecule has 0 aromatic heterocycles. The molecular weight excluding hydrogens is 346 g/mol. The summed E-state index contributed by atoms with van der Waals surface area (Å²) in [6.45, 7) is 2.96. The molecule has 0 bridgehead atoms. The monoisotopic (exact) mass is 373 g/mol. The molecule has 0 atom stereocenters. The van der Waals surface area contributed by atoms with Gasteiger partial charge in [-0.3, -0.25) is 4.79 Å². The van der Waals surface area contributed by atoms with Crippen LogP contribution in [0, 0.1) is 6.92 Å². The molecule has 0 saturated carbocycles. The third kappa shape index (κ3) is 5.01. The number of benzene rings is 3. The molecule has 1 N–H and O–H groups in total. The summed E-state index contributed by atoms with van der Waals surface area (Å²) in [5.41, 5.74) is 6.74. The first-order chi connectivity index (χ1) is 13.7. The Morgan fingerprint density at radius 3 is 2.29 bits per heavy atom. The maximum Gasteiger partial charge on any atom is 0.310 e. The van der Waals surface area contributed by atoms with Gasteiger partial charge in [0, 0.05) is 12.2 Å². The van der Waals surface area contributed by atoms with E-state index in [1.807, 2.05) is 24.3 Å². The van der Waals surface area contributed by atoms with Crippen LogP contribution in [0.3, 0.4) is 0 Å². The maximum absolute atomic E-state index is 12.0. The van der Waals surface area contributed by atoms with Crippen molar-refractivity contribution in [1.29, 1.82) is 0 Å². The highest BCUT2D eigenvalue weighted by Gasteiger charge is 2.15. The molecule has 3 aromatic rings. The number of nitrogens with one attached hydrogen (secondary N) is 1. The van der Waals surface area contributed by atoms with Crippen molar-refractivity contribution in [2.24, 2.45) is 0 Å². The highest BCUT2D eigenvalue weighted by molar-refractivity contribution is 5.81. The van der Waals surface area contributed by atoms with Gasteiger partial charge in [0.05, 0.1) is 13.5 Å². The lowest BCUT2D eigenvalue weighted by Crippen LogP contribution is -2.10. The Morgan fingerprint density at radius 1 is 0.929 bits per heavy atom. The molecule has 3 aromatic carbocycles. The standard InChI is InChI=1S/C25H27NO2/c1-19-23(18-25(27)28-2)22(21-13-7-4-8-14-21)15-16-24(19)26-17-9-12-20-10-5-3-6-11-20/h3-8,10-11,13-16,26H,9,12,17-18H2,1-2H3. The Balaban J connectivity index is 1.76. The van der Waals surface area contributed by atoms with Crippen LogP contribution < -0.4 is 5.32 Å². The van der Waals surface area contributed by atoms with Gasteiger partial charge in [0.2, 0.25) is 0 Å². The van der Waals surface area contributed by atoms with Crippen LogP contribution in [-0.4, -0.2) is 19.6 Å². The van der Waals surface area contributed by atoms with Gasteiger partial charge in [-0.05, 0) is 53.6 Å². The molecule has 144 valence electrons. The van der Waals surface area contributed by atoms with E-state index in [-0.39, 0.29) is 12.4 Å². The Morgan fingerprint density at radius 2 is 1.61 bits per heavy atom. The fourth-order valence-electron chi connectivity index (χ4n) is 3.44. The molecule has 0 unspecified atom stereocenters. The van der Waals surface area contributed by atoms with Gasteiger partial charge in [-0.1, -0.05) is 66.7 Å². The molecule has 0 saturated heterocycles. The van der Waals surface area contributed by atoms with Crippen LogP contribution in [-0.2, 0) is 22.4 Å². The van der Waals surface area contributed by atoms with Crippen molar-refractivity contribution in [2.45, 2.75) is 26.2 Å². The molecule has 3 heteroatoms. The largest absolute Gasteiger partial charge is 0.469 e. The molecule has 0 aliphatic heterocycles. The van der Waals surface area contributed by atoms with E-state index in [9.17, 15) is 4.79 Å². The van der Waals surface area contributed by atoms with Crippen LogP contribution >= 0.6 is 0 Å². The summed E-state index contributed by atoms with van der Waals surface area (Å²) >= 11 is 0. The Kier molecular flexibility index (Phi) is 6.85. The quantitative estimate of drug-likeness (QED) is 0.423. The van der Waals surface area contributed by atoms with Crippen LogP contribution in [0.5, 0.6) is 0 Å². The number of carbonyl (C=O) groups excluding carboxylic acids is 1. The molecule has 0 aliphatic carbocycles. The van der Waals surface area contributed by atoms with Crippen molar-refractivity contribution in [1.82, 2.24) is 0 Å². The third-order valence-corrected chi connectivity index (χ3v) is 5.03. The van der Waals surface area contributed by atoms with Crippen molar-refractivity contribution in [3.05, 3.63) is 89.5 Å². The zero-order chi connectivity index (χ0) is 19.8. The normalized spacial score (nSPS) is 10.5. The van der Waals surface area contributed by atoms with Crippen molar-refractivity contribution in [3.63, 3.8) is 0 Å². The second kappa shape index (κ2) is 9.75. The summed E-state index contributed by atoms with van der Waals surface area (Å²) < 4.78 is 4.93. The molecule has 0 fully saturated rings. The van der Waals surface area contributed by atoms with Gasteiger partial charge in [0.25, 0.3) is 0 Å². The number of hydrogen-bond acceptors (Lipinski definition) is 3. The second-order valence-electron chi connectivity index (χ2n) is 6.90. The number of esters is 1. The maximum atomic E-state index is 12.0. The molecule has 0 radical (unpaired) electrons. The van der Waals surface area contributed by atoms with Gasteiger partial charge in [-0.25, -0.2) is 0 Å². The van der Waals surface area contributed by atoms with Crippen LogP contribution in [0.4, 0.5) is 5.69 Å². The number of anilines is 1.